The molecule has 1 aromatic rings. The van der Waals surface area contributed by atoms with E-state index in [1.165, 1.54) is 26.1 Å². The third-order valence-corrected chi connectivity index (χ3v) is 4.29. The summed E-state index contributed by atoms with van der Waals surface area (Å²) < 4.78 is 25.3. The molecule has 0 aliphatic carbocycles. The molecule has 0 unspecified atom stereocenters. The van der Waals surface area contributed by atoms with E-state index in [0.29, 0.717) is 0 Å². The quantitative estimate of drug-likeness (QED) is 0.752. The van der Waals surface area contributed by atoms with E-state index in [1.807, 2.05) is 6.92 Å². The van der Waals surface area contributed by atoms with Crippen LogP contribution in [0.4, 0.5) is 0 Å². The minimum Gasteiger partial charge on any atom is -0.274 e. The van der Waals surface area contributed by atoms with E-state index in [1.54, 1.807) is 12.1 Å². The summed E-state index contributed by atoms with van der Waals surface area (Å²) in [6.07, 6.45) is 0. The first kappa shape index (κ1) is 16.1. The van der Waals surface area contributed by atoms with Crippen molar-refractivity contribution in [1.29, 1.82) is 0 Å². The summed E-state index contributed by atoms with van der Waals surface area (Å²) in [5, 5.41) is 0. The first-order chi connectivity index (χ1) is 9.23. The number of nitrogens with one attached hydrogen (secondary N) is 2. The van der Waals surface area contributed by atoms with Crippen molar-refractivity contribution in [1.82, 2.24) is 15.2 Å². The highest BCUT2D eigenvalue weighted by Crippen LogP contribution is 2.14. The maximum atomic E-state index is 12.2. The van der Waals surface area contributed by atoms with Gasteiger partial charge in [-0.05, 0) is 19.1 Å². The van der Waals surface area contributed by atoms with Gasteiger partial charge in [0.15, 0.2) is 0 Å². The van der Waals surface area contributed by atoms with E-state index in [9.17, 15) is 18.0 Å². The molecule has 0 radical (unpaired) electrons. The van der Waals surface area contributed by atoms with Crippen LogP contribution < -0.4 is 10.9 Å². The van der Waals surface area contributed by atoms with Gasteiger partial charge in [-0.15, -0.1) is 0 Å². The van der Waals surface area contributed by atoms with Crippen molar-refractivity contribution >= 4 is 21.8 Å². The van der Waals surface area contributed by atoms with Gasteiger partial charge in [0.1, 0.15) is 0 Å². The highest BCUT2D eigenvalue weighted by Gasteiger charge is 2.22. The third kappa shape index (κ3) is 4.32. The molecule has 0 aliphatic rings. The maximum Gasteiger partial charge on any atom is 0.253 e. The van der Waals surface area contributed by atoms with Gasteiger partial charge in [-0.2, -0.15) is 4.31 Å². The van der Waals surface area contributed by atoms with E-state index in [4.69, 9.17) is 0 Å². The van der Waals surface area contributed by atoms with Crippen molar-refractivity contribution in [3.8, 4) is 0 Å². The Kier molecular flexibility index (Phi) is 5.23. The molecular weight excluding hydrogens is 282 g/mol. The number of hydrogen-bond acceptors (Lipinski definition) is 4. The van der Waals surface area contributed by atoms with E-state index >= 15 is 0 Å². The van der Waals surface area contributed by atoms with Gasteiger partial charge in [-0.1, -0.05) is 17.7 Å². The second-order valence-corrected chi connectivity index (χ2v) is 6.35. The van der Waals surface area contributed by atoms with Crippen molar-refractivity contribution in [2.24, 2.45) is 0 Å². The third-order valence-electron chi connectivity index (χ3n) is 2.47. The number of sulfonamides is 1. The van der Waals surface area contributed by atoms with Crippen molar-refractivity contribution in [3.05, 3.63) is 29.8 Å². The maximum absolute atomic E-state index is 12.2. The molecule has 0 saturated heterocycles. The van der Waals surface area contributed by atoms with Crippen molar-refractivity contribution in [2.45, 2.75) is 18.7 Å². The van der Waals surface area contributed by atoms with E-state index in [0.717, 1.165) is 9.87 Å². The monoisotopic (exact) mass is 299 g/mol. The fourth-order valence-electron chi connectivity index (χ4n) is 1.37. The predicted octanol–water partition coefficient (Wildman–Crippen LogP) is -0.217. The number of aryl methyl sites for hydroxylation is 1. The number of hydrazine groups is 1. The summed E-state index contributed by atoms with van der Waals surface area (Å²) in [7, 11) is -2.44. The number of benzene rings is 1. The summed E-state index contributed by atoms with van der Waals surface area (Å²) in [5.41, 5.74) is 5.13. The SMILES string of the molecule is CC(=O)NNC(=O)CN(C)S(=O)(=O)c1ccc(C)cc1. The fraction of sp³-hybridized carbons (Fsp3) is 0.333. The first-order valence-electron chi connectivity index (χ1n) is 5.82. The molecule has 1 rings (SSSR count). The number of carbonyl (C=O) groups excluding carboxylic acids is 2. The lowest BCUT2D eigenvalue weighted by Gasteiger charge is -2.17. The van der Waals surface area contributed by atoms with Gasteiger partial charge in [0.25, 0.3) is 5.91 Å². The van der Waals surface area contributed by atoms with E-state index in [2.05, 4.69) is 10.9 Å². The lowest BCUT2D eigenvalue weighted by molar-refractivity contribution is -0.127. The molecule has 20 heavy (non-hydrogen) atoms. The Morgan fingerprint density at radius 3 is 2.20 bits per heavy atom. The highest BCUT2D eigenvalue weighted by molar-refractivity contribution is 7.89. The zero-order valence-corrected chi connectivity index (χ0v) is 12.3. The molecule has 0 heterocycles. The Hall–Kier alpha value is -1.93. The second kappa shape index (κ2) is 6.49. The van der Waals surface area contributed by atoms with Gasteiger partial charge >= 0.3 is 0 Å². The smallest absolute Gasteiger partial charge is 0.253 e. The normalized spacial score (nSPS) is 11.2. The Morgan fingerprint density at radius 1 is 1.15 bits per heavy atom. The molecule has 2 N–H and O–H groups in total. The van der Waals surface area contributed by atoms with E-state index < -0.39 is 28.4 Å². The molecule has 0 fully saturated rings. The summed E-state index contributed by atoms with van der Waals surface area (Å²) >= 11 is 0. The Balaban J connectivity index is 2.75. The summed E-state index contributed by atoms with van der Waals surface area (Å²) in [5.74, 6) is -1.07. The van der Waals surface area contributed by atoms with Crippen LogP contribution in [0.3, 0.4) is 0 Å². The standard InChI is InChI=1S/C12H17N3O4S/c1-9-4-6-11(7-5-9)20(18,19)15(3)8-12(17)14-13-10(2)16/h4-7H,8H2,1-3H3,(H,13,16)(H,14,17). The second-order valence-electron chi connectivity index (χ2n) is 4.30. The van der Waals surface area contributed by atoms with Crippen LogP contribution in [0.2, 0.25) is 0 Å². The molecule has 2 amide bonds. The molecule has 0 saturated carbocycles. The van der Waals surface area contributed by atoms with Crippen LogP contribution >= 0.6 is 0 Å². The Morgan fingerprint density at radius 2 is 1.70 bits per heavy atom. The summed E-state index contributed by atoms with van der Waals surface area (Å²) in [4.78, 5) is 22.2. The predicted molar refractivity (Wildman–Crippen MR) is 73.0 cm³/mol. The van der Waals surface area contributed by atoms with E-state index in [-0.39, 0.29) is 4.90 Å². The molecule has 110 valence electrons. The zero-order valence-electron chi connectivity index (χ0n) is 11.5. The van der Waals surface area contributed by atoms with Crippen LogP contribution in [-0.4, -0.2) is 38.1 Å². The minimum atomic E-state index is -3.73. The molecule has 0 aromatic heterocycles. The van der Waals surface area contributed by atoms with Crippen LogP contribution in [0, 0.1) is 6.92 Å². The van der Waals surface area contributed by atoms with Gasteiger partial charge in [0, 0.05) is 14.0 Å². The molecular formula is C12H17N3O4S. The summed E-state index contributed by atoms with van der Waals surface area (Å²) in [6.45, 7) is 2.69. The van der Waals surface area contributed by atoms with Gasteiger partial charge in [-0.3, -0.25) is 20.4 Å². The highest BCUT2D eigenvalue weighted by atomic mass is 32.2. The minimum absolute atomic E-state index is 0.109. The molecule has 8 heteroatoms. The fourth-order valence-corrected chi connectivity index (χ4v) is 2.50. The number of nitrogens with zero attached hydrogens (tertiary/aromatic N) is 1. The molecule has 0 spiro atoms. The zero-order chi connectivity index (χ0) is 15.3. The number of likely N-dealkylation sites (N-methyl/N-ethyl adjacent to an activating group) is 1. The molecule has 0 bridgehead atoms. The number of hydrogen-bond donors (Lipinski definition) is 2. The van der Waals surface area contributed by atoms with Crippen molar-refractivity contribution in [2.75, 3.05) is 13.6 Å². The van der Waals surface area contributed by atoms with Crippen LogP contribution in [0.15, 0.2) is 29.2 Å². The van der Waals surface area contributed by atoms with Gasteiger partial charge in [0.05, 0.1) is 11.4 Å². The molecule has 7 nitrogen and oxygen atoms in total. The van der Waals surface area contributed by atoms with Gasteiger partial charge < -0.3 is 0 Å². The van der Waals surface area contributed by atoms with Crippen LogP contribution in [0.5, 0.6) is 0 Å². The average Bonchev–Trinajstić information content (AvgIpc) is 2.36. The first-order valence-corrected chi connectivity index (χ1v) is 7.26. The molecule has 0 aliphatic heterocycles. The topological polar surface area (TPSA) is 95.6 Å². The average molecular weight is 299 g/mol. The number of amides is 2. The summed E-state index contributed by atoms with van der Waals surface area (Å²) in [6, 6.07) is 6.32. The molecule has 1 aromatic carbocycles. The van der Waals surface area contributed by atoms with Crippen molar-refractivity contribution in [3.63, 3.8) is 0 Å². The van der Waals surface area contributed by atoms with Gasteiger partial charge in [0.2, 0.25) is 15.9 Å². The molecule has 0 atom stereocenters. The lowest BCUT2D eigenvalue weighted by Crippen LogP contribution is -2.46. The van der Waals surface area contributed by atoms with Crippen LogP contribution in [0.25, 0.3) is 0 Å². The number of rotatable bonds is 4. The Bertz CT molecular complexity index is 596. The largest absolute Gasteiger partial charge is 0.274 e. The lowest BCUT2D eigenvalue weighted by atomic mass is 10.2. The van der Waals surface area contributed by atoms with Crippen molar-refractivity contribution < 1.29 is 18.0 Å². The number of carbonyl (C=O) groups is 2. The van der Waals surface area contributed by atoms with Crippen LogP contribution in [0.1, 0.15) is 12.5 Å². The Labute approximate surface area is 118 Å². The van der Waals surface area contributed by atoms with Gasteiger partial charge in [-0.25, -0.2) is 8.42 Å². The van der Waals surface area contributed by atoms with Crippen LogP contribution in [-0.2, 0) is 19.6 Å².